The van der Waals surface area contributed by atoms with Crippen LogP contribution in [-0.2, 0) is 11.4 Å². The molecule has 0 spiro atoms. The Kier molecular flexibility index (Phi) is 7.80. The van der Waals surface area contributed by atoms with E-state index < -0.39 is 5.97 Å². The number of aromatic nitrogens is 3. The monoisotopic (exact) mass is 531 g/mol. The van der Waals surface area contributed by atoms with Crippen LogP contribution in [0.15, 0.2) is 76.8 Å². The minimum absolute atomic E-state index is 0.0751. The van der Waals surface area contributed by atoms with Gasteiger partial charge in [-0.15, -0.1) is 5.10 Å². The maximum absolute atomic E-state index is 11.8. The molecule has 0 aliphatic rings. The molecule has 34 heavy (non-hydrogen) atoms. The number of thioether (sulfide) groups is 1. The summed E-state index contributed by atoms with van der Waals surface area (Å²) < 4.78 is 5.77. The Morgan fingerprint density at radius 1 is 1.00 bits per heavy atom. The summed E-state index contributed by atoms with van der Waals surface area (Å²) >= 11 is 18.8. The van der Waals surface area contributed by atoms with Gasteiger partial charge in [0.1, 0.15) is 17.3 Å². The first kappa shape index (κ1) is 24.2. The molecule has 0 radical (unpaired) electrons. The van der Waals surface area contributed by atoms with Gasteiger partial charge in [-0.3, -0.25) is 5.10 Å². The van der Waals surface area contributed by atoms with Gasteiger partial charge in [-0.05, 0) is 77.5 Å². The minimum Gasteiger partial charge on any atom is -0.489 e. The molecule has 3 aromatic carbocycles. The molecular weight excluding hydrogens is 517 g/mol. The third-order valence-corrected chi connectivity index (χ3v) is 6.43. The molecule has 4 aromatic rings. The zero-order chi connectivity index (χ0) is 24.1. The fourth-order valence-corrected chi connectivity index (χ4v) is 4.02. The lowest BCUT2D eigenvalue weighted by atomic mass is 10.2. The molecule has 0 aliphatic carbocycles. The van der Waals surface area contributed by atoms with E-state index in [1.165, 1.54) is 0 Å². The molecule has 1 heterocycles. The largest absolute Gasteiger partial charge is 0.489 e. The molecule has 0 bridgehead atoms. The molecule has 0 atom stereocenters. The van der Waals surface area contributed by atoms with E-state index in [-0.39, 0.29) is 4.91 Å². The fourth-order valence-electron chi connectivity index (χ4n) is 2.87. The van der Waals surface area contributed by atoms with Gasteiger partial charge in [-0.2, -0.15) is 0 Å². The highest BCUT2D eigenvalue weighted by Gasteiger charge is 2.14. The zero-order valence-electron chi connectivity index (χ0n) is 17.3. The summed E-state index contributed by atoms with van der Waals surface area (Å²) in [6, 6.07) is 19.5. The van der Waals surface area contributed by atoms with E-state index >= 15 is 0 Å². The SMILES string of the molecule is O=C(O)/C(=C/c1ccc(OCc2ccc(Cl)c(Cl)c2)cc1)Sc1n[nH]c(-c2ccc(Cl)cc2)n1. The van der Waals surface area contributed by atoms with E-state index in [2.05, 4.69) is 15.2 Å². The normalized spacial score (nSPS) is 11.4. The predicted molar refractivity (Wildman–Crippen MR) is 136 cm³/mol. The summed E-state index contributed by atoms with van der Waals surface area (Å²) in [4.78, 5) is 16.2. The Morgan fingerprint density at radius 3 is 2.41 bits per heavy atom. The van der Waals surface area contributed by atoms with Crippen LogP contribution in [0.25, 0.3) is 17.5 Å². The minimum atomic E-state index is -1.08. The lowest BCUT2D eigenvalue weighted by molar-refractivity contribution is -0.131. The zero-order valence-corrected chi connectivity index (χ0v) is 20.4. The predicted octanol–water partition coefficient (Wildman–Crippen LogP) is 7.23. The molecular formula is C24H16Cl3N3O3S. The molecule has 0 unspecified atom stereocenters. The first-order valence-electron chi connectivity index (χ1n) is 9.85. The number of aromatic amines is 1. The molecule has 0 saturated carbocycles. The molecule has 0 aliphatic heterocycles. The summed E-state index contributed by atoms with van der Waals surface area (Å²) in [5.41, 5.74) is 2.37. The topological polar surface area (TPSA) is 88.1 Å². The van der Waals surface area contributed by atoms with Gasteiger partial charge in [0.05, 0.1) is 10.0 Å². The van der Waals surface area contributed by atoms with Crippen molar-refractivity contribution in [1.29, 1.82) is 0 Å². The van der Waals surface area contributed by atoms with E-state index in [9.17, 15) is 9.90 Å². The molecule has 0 fully saturated rings. The summed E-state index contributed by atoms with van der Waals surface area (Å²) in [6.45, 7) is 0.323. The van der Waals surface area contributed by atoms with Gasteiger partial charge in [0.25, 0.3) is 0 Å². The first-order valence-corrected chi connectivity index (χ1v) is 11.8. The highest BCUT2D eigenvalue weighted by Crippen LogP contribution is 2.28. The number of hydrogen-bond donors (Lipinski definition) is 2. The van der Waals surface area contributed by atoms with Gasteiger partial charge in [-0.1, -0.05) is 53.0 Å². The number of halogens is 3. The van der Waals surface area contributed by atoms with Crippen molar-refractivity contribution < 1.29 is 14.6 Å². The lowest BCUT2D eigenvalue weighted by Crippen LogP contribution is -1.97. The highest BCUT2D eigenvalue weighted by atomic mass is 35.5. The second-order valence-electron chi connectivity index (χ2n) is 7.00. The molecule has 172 valence electrons. The van der Waals surface area contributed by atoms with Crippen LogP contribution in [-0.4, -0.2) is 26.3 Å². The number of hydrogen-bond acceptors (Lipinski definition) is 5. The number of nitrogens with zero attached hydrogens (tertiary/aromatic N) is 2. The van der Waals surface area contributed by atoms with Gasteiger partial charge in [0.15, 0.2) is 5.82 Å². The molecule has 0 saturated heterocycles. The number of nitrogens with one attached hydrogen (secondary N) is 1. The second-order valence-corrected chi connectivity index (χ2v) is 9.26. The second kappa shape index (κ2) is 11.0. The standard InChI is InChI=1S/C24H16Cl3N3O3S/c25-17-6-4-16(5-7-17)22-28-24(30-29-22)34-21(23(31)32)12-14-1-8-18(9-2-14)33-13-15-3-10-19(26)20(27)11-15/h1-12H,13H2,(H,31,32)(H,28,29,30)/b21-12-. The summed E-state index contributed by atoms with van der Waals surface area (Å²) in [5.74, 6) is 0.0736. The third kappa shape index (κ3) is 6.33. The van der Waals surface area contributed by atoms with Crippen LogP contribution in [0.3, 0.4) is 0 Å². The van der Waals surface area contributed by atoms with Crippen molar-refractivity contribution in [3.8, 4) is 17.1 Å². The Bertz CT molecular complexity index is 1340. The van der Waals surface area contributed by atoms with Crippen molar-refractivity contribution in [1.82, 2.24) is 15.2 Å². The van der Waals surface area contributed by atoms with Crippen molar-refractivity contribution in [2.75, 3.05) is 0 Å². The Labute approximate surface area is 214 Å². The number of H-pyrrole nitrogens is 1. The van der Waals surface area contributed by atoms with Crippen LogP contribution in [0, 0.1) is 0 Å². The molecule has 2 N–H and O–H groups in total. The number of benzene rings is 3. The van der Waals surface area contributed by atoms with Crippen molar-refractivity contribution in [2.24, 2.45) is 0 Å². The van der Waals surface area contributed by atoms with Crippen molar-refractivity contribution in [3.63, 3.8) is 0 Å². The molecule has 10 heteroatoms. The Morgan fingerprint density at radius 2 is 1.74 bits per heavy atom. The van der Waals surface area contributed by atoms with Crippen molar-refractivity contribution in [3.05, 3.63) is 97.8 Å². The molecule has 1 aromatic heterocycles. The average Bonchev–Trinajstić information content (AvgIpc) is 3.29. The van der Waals surface area contributed by atoms with Gasteiger partial charge in [0.2, 0.25) is 5.16 Å². The molecule has 6 nitrogen and oxygen atoms in total. The number of carboxylic acid groups (broad SMARTS) is 1. The van der Waals surface area contributed by atoms with Crippen LogP contribution in [0.2, 0.25) is 15.1 Å². The Balaban J connectivity index is 1.43. The number of carbonyl (C=O) groups is 1. The van der Waals surface area contributed by atoms with Crippen LogP contribution in [0.4, 0.5) is 0 Å². The van der Waals surface area contributed by atoms with Gasteiger partial charge >= 0.3 is 5.97 Å². The van der Waals surface area contributed by atoms with E-state index in [4.69, 9.17) is 39.5 Å². The van der Waals surface area contributed by atoms with Gasteiger partial charge in [0, 0.05) is 10.6 Å². The maximum Gasteiger partial charge on any atom is 0.342 e. The Hall–Kier alpha value is -2.97. The molecule has 0 amide bonds. The first-order chi connectivity index (χ1) is 16.4. The van der Waals surface area contributed by atoms with Crippen LogP contribution >= 0.6 is 46.6 Å². The van der Waals surface area contributed by atoms with E-state index in [0.29, 0.717) is 44.0 Å². The van der Waals surface area contributed by atoms with E-state index in [0.717, 1.165) is 22.9 Å². The summed E-state index contributed by atoms with van der Waals surface area (Å²) in [6.07, 6.45) is 1.55. The number of aliphatic carboxylic acids is 1. The van der Waals surface area contributed by atoms with Crippen molar-refractivity contribution >= 4 is 58.6 Å². The smallest absolute Gasteiger partial charge is 0.342 e. The van der Waals surface area contributed by atoms with Crippen LogP contribution in [0.5, 0.6) is 5.75 Å². The van der Waals surface area contributed by atoms with Gasteiger partial charge < -0.3 is 9.84 Å². The van der Waals surface area contributed by atoms with Gasteiger partial charge in [-0.25, -0.2) is 9.78 Å². The summed E-state index contributed by atoms with van der Waals surface area (Å²) in [5, 5.41) is 18.4. The fraction of sp³-hybridized carbons (Fsp3) is 0.0417. The number of rotatable bonds is 8. The summed E-state index contributed by atoms with van der Waals surface area (Å²) in [7, 11) is 0. The lowest BCUT2D eigenvalue weighted by Gasteiger charge is -2.08. The van der Waals surface area contributed by atoms with E-state index in [1.807, 2.05) is 6.07 Å². The number of ether oxygens (including phenoxy) is 1. The van der Waals surface area contributed by atoms with Crippen LogP contribution < -0.4 is 4.74 Å². The van der Waals surface area contributed by atoms with E-state index in [1.54, 1.807) is 66.7 Å². The third-order valence-electron chi connectivity index (χ3n) is 4.56. The number of carboxylic acids is 1. The quantitative estimate of drug-likeness (QED) is 0.184. The highest BCUT2D eigenvalue weighted by molar-refractivity contribution is 8.04. The maximum atomic E-state index is 11.8. The van der Waals surface area contributed by atoms with Crippen LogP contribution in [0.1, 0.15) is 11.1 Å². The molecule has 4 rings (SSSR count). The average molecular weight is 533 g/mol. The van der Waals surface area contributed by atoms with Crippen molar-refractivity contribution in [2.45, 2.75) is 11.8 Å².